The van der Waals surface area contributed by atoms with Crippen LogP contribution in [0.4, 0.5) is 5.69 Å². The number of carbonyl (C=O) groups is 1. The number of hydrogen-bond acceptors (Lipinski definition) is 6. The number of carbonyl (C=O) groups excluding carboxylic acids is 1. The molecule has 1 heterocycles. The Kier molecular flexibility index (Phi) is 7.06. The number of ether oxygens (including phenoxy) is 4. The SMILES string of the molecule is CCN(CC(=O)Nc1cc(Cl)c(OC)cc1OC)C[C@@H]1COc2ccccc2O1. The van der Waals surface area contributed by atoms with E-state index in [1.807, 2.05) is 36.1 Å². The molecular weight excluding hydrogens is 396 g/mol. The molecule has 0 saturated carbocycles. The van der Waals surface area contributed by atoms with Gasteiger partial charge in [-0.3, -0.25) is 9.69 Å². The first-order chi connectivity index (χ1) is 14.0. The molecule has 1 aliphatic rings. The number of hydrogen-bond donors (Lipinski definition) is 1. The van der Waals surface area contributed by atoms with Gasteiger partial charge >= 0.3 is 0 Å². The summed E-state index contributed by atoms with van der Waals surface area (Å²) in [5.74, 6) is 2.24. The van der Waals surface area contributed by atoms with Gasteiger partial charge in [-0.2, -0.15) is 0 Å². The van der Waals surface area contributed by atoms with Crippen molar-refractivity contribution in [2.24, 2.45) is 0 Å². The van der Waals surface area contributed by atoms with Crippen molar-refractivity contribution in [3.63, 3.8) is 0 Å². The second-order valence-electron chi connectivity index (χ2n) is 6.56. The minimum absolute atomic E-state index is 0.150. The Morgan fingerprint density at radius 2 is 1.93 bits per heavy atom. The van der Waals surface area contributed by atoms with E-state index in [9.17, 15) is 4.79 Å². The van der Waals surface area contributed by atoms with Gasteiger partial charge in [0.2, 0.25) is 5.91 Å². The minimum atomic E-state index is -0.177. The fraction of sp³-hybridized carbons (Fsp3) is 0.381. The van der Waals surface area contributed by atoms with E-state index in [1.54, 1.807) is 12.1 Å². The highest BCUT2D eigenvalue weighted by Gasteiger charge is 2.24. The Labute approximate surface area is 175 Å². The van der Waals surface area contributed by atoms with Gasteiger partial charge in [0.15, 0.2) is 11.5 Å². The number of amides is 1. The number of methoxy groups -OCH3 is 2. The zero-order valence-corrected chi connectivity index (χ0v) is 17.5. The van der Waals surface area contributed by atoms with Crippen molar-refractivity contribution in [1.82, 2.24) is 4.90 Å². The second-order valence-corrected chi connectivity index (χ2v) is 6.97. The lowest BCUT2D eigenvalue weighted by Gasteiger charge is -2.30. The highest BCUT2D eigenvalue weighted by Crippen LogP contribution is 2.36. The fourth-order valence-corrected chi connectivity index (χ4v) is 3.34. The van der Waals surface area contributed by atoms with Crippen molar-refractivity contribution in [3.05, 3.63) is 41.4 Å². The lowest BCUT2D eigenvalue weighted by Crippen LogP contribution is -2.43. The smallest absolute Gasteiger partial charge is 0.238 e. The molecule has 0 bridgehead atoms. The van der Waals surface area contributed by atoms with Gasteiger partial charge in [0.1, 0.15) is 24.2 Å². The van der Waals surface area contributed by atoms with Crippen molar-refractivity contribution in [3.8, 4) is 23.0 Å². The van der Waals surface area contributed by atoms with Crippen LogP contribution in [0.1, 0.15) is 6.92 Å². The third-order valence-electron chi connectivity index (χ3n) is 4.59. The quantitative estimate of drug-likeness (QED) is 0.705. The van der Waals surface area contributed by atoms with E-state index >= 15 is 0 Å². The van der Waals surface area contributed by atoms with Crippen LogP contribution >= 0.6 is 11.6 Å². The largest absolute Gasteiger partial charge is 0.495 e. The number of benzene rings is 2. The summed E-state index contributed by atoms with van der Waals surface area (Å²) in [5.41, 5.74) is 0.491. The minimum Gasteiger partial charge on any atom is -0.495 e. The summed E-state index contributed by atoms with van der Waals surface area (Å²) in [7, 11) is 3.04. The predicted octanol–water partition coefficient (Wildman–Crippen LogP) is 3.46. The van der Waals surface area contributed by atoms with Crippen LogP contribution in [0.2, 0.25) is 5.02 Å². The number of halogens is 1. The molecule has 2 aromatic rings. The Hall–Kier alpha value is -2.64. The number of nitrogens with one attached hydrogen (secondary N) is 1. The number of anilines is 1. The first kappa shape index (κ1) is 21.1. The Bertz CT molecular complexity index is 861. The molecule has 0 aliphatic carbocycles. The third-order valence-corrected chi connectivity index (χ3v) is 4.89. The maximum absolute atomic E-state index is 12.6. The Morgan fingerprint density at radius 3 is 2.62 bits per heavy atom. The highest BCUT2D eigenvalue weighted by atomic mass is 35.5. The summed E-state index contributed by atoms with van der Waals surface area (Å²) in [6.45, 7) is 3.89. The first-order valence-electron chi connectivity index (χ1n) is 9.36. The van der Waals surface area contributed by atoms with Gasteiger partial charge in [0.05, 0.1) is 31.5 Å². The fourth-order valence-electron chi connectivity index (χ4n) is 3.10. The summed E-state index contributed by atoms with van der Waals surface area (Å²) >= 11 is 6.17. The van der Waals surface area contributed by atoms with Crippen LogP contribution in [0.15, 0.2) is 36.4 Å². The molecule has 7 nitrogen and oxygen atoms in total. The van der Waals surface area contributed by atoms with Crippen LogP contribution in [0, 0.1) is 0 Å². The molecule has 0 unspecified atom stereocenters. The summed E-state index contributed by atoms with van der Waals surface area (Å²) in [4.78, 5) is 14.6. The lowest BCUT2D eigenvalue weighted by atomic mass is 10.2. The van der Waals surface area contributed by atoms with E-state index in [1.165, 1.54) is 14.2 Å². The molecule has 1 atom stereocenters. The van der Waals surface area contributed by atoms with Gasteiger partial charge in [-0.25, -0.2) is 0 Å². The van der Waals surface area contributed by atoms with E-state index < -0.39 is 0 Å². The van der Waals surface area contributed by atoms with Gasteiger partial charge < -0.3 is 24.3 Å². The molecule has 0 saturated heterocycles. The van der Waals surface area contributed by atoms with Crippen LogP contribution in [-0.2, 0) is 4.79 Å². The number of fused-ring (bicyclic) bond motifs is 1. The van der Waals surface area contributed by atoms with E-state index in [0.29, 0.717) is 41.9 Å². The van der Waals surface area contributed by atoms with Crippen LogP contribution in [0.5, 0.6) is 23.0 Å². The lowest BCUT2D eigenvalue weighted by molar-refractivity contribution is -0.117. The van der Waals surface area contributed by atoms with Gasteiger partial charge in [-0.15, -0.1) is 0 Å². The predicted molar refractivity (Wildman–Crippen MR) is 112 cm³/mol. The van der Waals surface area contributed by atoms with Crippen LogP contribution in [0.25, 0.3) is 0 Å². The molecule has 8 heteroatoms. The van der Waals surface area contributed by atoms with Crippen molar-refractivity contribution < 1.29 is 23.7 Å². The molecule has 2 aromatic carbocycles. The normalized spacial score (nSPS) is 15.1. The van der Waals surface area contributed by atoms with Gasteiger partial charge in [-0.05, 0) is 24.7 Å². The van der Waals surface area contributed by atoms with Crippen molar-refractivity contribution in [1.29, 1.82) is 0 Å². The molecule has 29 heavy (non-hydrogen) atoms. The Morgan fingerprint density at radius 1 is 1.21 bits per heavy atom. The standard InChI is InChI=1S/C21H25ClN2O5/c1-4-24(11-14-13-28-17-7-5-6-8-18(17)29-14)12-21(25)23-16-9-15(22)19(26-2)10-20(16)27-3/h5-10,14H,4,11-13H2,1-3H3,(H,23,25)/t14-/m1/s1. The van der Waals surface area contributed by atoms with Gasteiger partial charge in [-0.1, -0.05) is 30.7 Å². The monoisotopic (exact) mass is 420 g/mol. The van der Waals surface area contributed by atoms with Gasteiger partial charge in [0, 0.05) is 12.6 Å². The van der Waals surface area contributed by atoms with Crippen LogP contribution in [0.3, 0.4) is 0 Å². The summed E-state index contributed by atoms with van der Waals surface area (Å²) in [5, 5.41) is 3.24. The molecule has 0 fully saturated rings. The highest BCUT2D eigenvalue weighted by molar-refractivity contribution is 6.32. The van der Waals surface area contributed by atoms with Crippen molar-refractivity contribution >= 4 is 23.2 Å². The maximum atomic E-state index is 12.6. The number of para-hydroxylation sites is 2. The molecule has 156 valence electrons. The first-order valence-corrected chi connectivity index (χ1v) is 9.74. The zero-order valence-electron chi connectivity index (χ0n) is 16.7. The molecule has 1 amide bonds. The third kappa shape index (κ3) is 5.25. The van der Waals surface area contributed by atoms with E-state index in [2.05, 4.69) is 5.32 Å². The average Bonchev–Trinajstić information content (AvgIpc) is 2.73. The van der Waals surface area contributed by atoms with Crippen molar-refractivity contribution in [2.45, 2.75) is 13.0 Å². The van der Waals surface area contributed by atoms with Crippen molar-refractivity contribution in [2.75, 3.05) is 45.8 Å². The van der Waals surface area contributed by atoms with E-state index in [-0.39, 0.29) is 18.6 Å². The number of rotatable bonds is 8. The van der Waals surface area contributed by atoms with Crippen LogP contribution in [-0.4, -0.2) is 57.4 Å². The Balaban J connectivity index is 1.60. The molecular formula is C21H25ClN2O5. The molecule has 1 aliphatic heterocycles. The molecule has 1 N–H and O–H groups in total. The van der Waals surface area contributed by atoms with E-state index in [4.69, 9.17) is 30.5 Å². The summed E-state index contributed by atoms with van der Waals surface area (Å²) in [6.07, 6.45) is -0.150. The summed E-state index contributed by atoms with van der Waals surface area (Å²) in [6, 6.07) is 10.8. The van der Waals surface area contributed by atoms with Gasteiger partial charge in [0.25, 0.3) is 0 Å². The average molecular weight is 421 g/mol. The number of nitrogens with zero attached hydrogens (tertiary/aromatic N) is 1. The molecule has 3 rings (SSSR count). The summed E-state index contributed by atoms with van der Waals surface area (Å²) < 4.78 is 22.3. The zero-order chi connectivity index (χ0) is 20.8. The van der Waals surface area contributed by atoms with Crippen LogP contribution < -0.4 is 24.3 Å². The second kappa shape index (κ2) is 9.71. The molecule has 0 aromatic heterocycles. The number of likely N-dealkylation sites (N-methyl/N-ethyl adjacent to an activating group) is 1. The van der Waals surface area contributed by atoms with E-state index in [0.717, 1.165) is 11.5 Å². The molecule has 0 radical (unpaired) electrons. The topological polar surface area (TPSA) is 69.3 Å². The maximum Gasteiger partial charge on any atom is 0.238 e. The molecule has 0 spiro atoms.